The quantitative estimate of drug-likeness (QED) is 0.0265. The summed E-state index contributed by atoms with van der Waals surface area (Å²) >= 11 is 0. The Hall–Kier alpha value is -2.04. The highest BCUT2D eigenvalue weighted by Gasteiger charge is 2.28. The van der Waals surface area contributed by atoms with Crippen LogP contribution in [0.3, 0.4) is 0 Å². The van der Waals surface area contributed by atoms with Gasteiger partial charge in [-0.3, -0.25) is 19.6 Å². The van der Waals surface area contributed by atoms with Crippen LogP contribution in [-0.2, 0) is 0 Å². The Morgan fingerprint density at radius 1 is 0.296 bits per heavy atom. The van der Waals surface area contributed by atoms with Crippen LogP contribution in [0.4, 0.5) is 0 Å². The van der Waals surface area contributed by atoms with E-state index in [-0.39, 0.29) is 24.4 Å². The summed E-state index contributed by atoms with van der Waals surface area (Å²) < 4.78 is 0. The summed E-state index contributed by atoms with van der Waals surface area (Å²) in [5.41, 5.74) is 0. The predicted molar refractivity (Wildman–Crippen MR) is 447 cm³/mol. The van der Waals surface area contributed by atoms with Crippen LogP contribution in [0.2, 0.25) is 0 Å². The first-order valence-corrected chi connectivity index (χ1v) is 45.0. The number of piperazine rings is 1. The molecule has 98 heavy (non-hydrogen) atoms. The van der Waals surface area contributed by atoms with E-state index in [1.165, 1.54) is 51.4 Å². The maximum atomic E-state index is 11.3. The number of hydrogen-bond acceptors (Lipinski definition) is 12. The molecule has 1 heterocycles. The van der Waals surface area contributed by atoms with Gasteiger partial charge in [-0.25, -0.2) is 0 Å². The molecule has 0 bridgehead atoms. The lowest BCUT2D eigenvalue weighted by Crippen LogP contribution is -2.57. The number of nitrogens with zero attached hydrogens (tertiary/aromatic N) is 4. The summed E-state index contributed by atoms with van der Waals surface area (Å²) in [6, 6.07) is 1.05. The van der Waals surface area contributed by atoms with E-state index in [1.54, 1.807) is 0 Å². The highest BCUT2D eigenvalue weighted by Crippen LogP contribution is 2.26. The zero-order valence-electron chi connectivity index (χ0n) is 63.9. The molecule has 0 aromatic rings. The third-order valence-corrected chi connectivity index (χ3v) is 22.7. The van der Waals surface area contributed by atoms with Crippen LogP contribution in [-0.4, -0.2) is 165 Å². The van der Waals surface area contributed by atoms with Gasteiger partial charge in [0.05, 0.1) is 24.4 Å². The molecule has 6 unspecified atom stereocenters. The monoisotopic (exact) mass is 1430 g/mol. The van der Waals surface area contributed by atoms with Crippen LogP contribution in [0.25, 0.3) is 0 Å². The number of aliphatic hydroxyl groups excluding tert-OH is 4. The van der Waals surface area contributed by atoms with Crippen LogP contribution in [0.1, 0.15) is 273 Å². The first-order valence-electron chi connectivity index (χ1n) is 40.1. The Bertz CT molecular complexity index is 1830. The van der Waals surface area contributed by atoms with Crippen molar-refractivity contribution >= 4 is 43.2 Å². The molecule has 1 saturated heterocycles. The van der Waals surface area contributed by atoms with Gasteiger partial charge in [0.25, 0.3) is 0 Å². The lowest BCUT2D eigenvalue weighted by molar-refractivity contribution is 0.0516. The van der Waals surface area contributed by atoms with E-state index in [0.717, 1.165) is 242 Å². The Morgan fingerprint density at radius 2 is 0.510 bits per heavy atom. The van der Waals surface area contributed by atoms with Crippen molar-refractivity contribution in [2.24, 2.45) is 0 Å². The molecule has 0 aromatic heterocycles. The van der Waals surface area contributed by atoms with Gasteiger partial charge in [0.1, 0.15) is 0 Å². The first kappa shape index (κ1) is 94.0. The van der Waals surface area contributed by atoms with Gasteiger partial charge in [-0.15, -0.1) is 0 Å². The Morgan fingerprint density at radius 3 is 0.755 bits per heavy atom. The van der Waals surface area contributed by atoms with Crippen molar-refractivity contribution in [1.29, 1.82) is 0 Å². The van der Waals surface area contributed by atoms with E-state index >= 15 is 0 Å². The Balaban J connectivity index is 2.60. The number of aliphatic hydroxyl groups is 4. The predicted octanol–water partition coefficient (Wildman–Crippen LogP) is 23.0. The average molecular weight is 1430 g/mol. The molecule has 1 aliphatic rings. The second kappa shape index (κ2) is 74.7. The molecule has 0 spiro atoms. The zero-order valence-corrected chi connectivity index (χ0v) is 67.2. The number of hydrogen-bond donors (Lipinski definition) is 4. The smallest absolute Gasteiger partial charge is 0.0667 e. The molecule has 12 heteroatoms. The van der Waals surface area contributed by atoms with Crippen molar-refractivity contribution in [2.45, 2.75) is 309 Å². The third-order valence-electron chi connectivity index (χ3n) is 17.9. The highest BCUT2D eigenvalue weighted by atomic mass is 33.1. The maximum Gasteiger partial charge on any atom is 0.0667 e. The van der Waals surface area contributed by atoms with Crippen molar-refractivity contribution in [3.05, 3.63) is 146 Å². The summed E-state index contributed by atoms with van der Waals surface area (Å²) in [5.74, 6) is 4.18. The van der Waals surface area contributed by atoms with Crippen LogP contribution in [0.5, 0.6) is 0 Å². The number of allylic oxidation sites excluding steroid dienone is 24. The summed E-state index contributed by atoms with van der Waals surface area (Å²) in [4.78, 5) is 10.1. The Labute approximate surface area is 622 Å². The van der Waals surface area contributed by atoms with Gasteiger partial charge >= 0.3 is 0 Å². The molecule has 0 aliphatic carbocycles. The minimum Gasteiger partial charge on any atom is -0.392 e. The molecule has 0 aromatic carbocycles. The van der Waals surface area contributed by atoms with Gasteiger partial charge in [-0.2, -0.15) is 0 Å². The van der Waals surface area contributed by atoms with Crippen LogP contribution in [0.15, 0.2) is 146 Å². The largest absolute Gasteiger partial charge is 0.392 e. The van der Waals surface area contributed by atoms with Gasteiger partial charge in [-0.1, -0.05) is 294 Å². The van der Waals surface area contributed by atoms with Crippen molar-refractivity contribution in [2.75, 3.05) is 88.5 Å². The second-order valence-electron chi connectivity index (χ2n) is 27.3. The van der Waals surface area contributed by atoms with Gasteiger partial charge in [-0.05, 0) is 168 Å². The van der Waals surface area contributed by atoms with E-state index in [4.69, 9.17) is 0 Å². The van der Waals surface area contributed by atoms with E-state index in [2.05, 4.69) is 207 Å². The van der Waals surface area contributed by atoms with Gasteiger partial charge < -0.3 is 20.4 Å². The molecule has 8 nitrogen and oxygen atoms in total. The molecule has 1 fully saturated rings. The van der Waals surface area contributed by atoms with E-state index in [0.29, 0.717) is 38.3 Å². The lowest BCUT2D eigenvalue weighted by Gasteiger charge is -2.44. The van der Waals surface area contributed by atoms with Gasteiger partial charge in [0.2, 0.25) is 0 Å². The first-order chi connectivity index (χ1) is 48.1. The van der Waals surface area contributed by atoms with Crippen LogP contribution >= 0.6 is 43.2 Å². The molecular formula is C86H152N4O4S4. The van der Waals surface area contributed by atoms with E-state index in [9.17, 15) is 20.4 Å². The molecule has 0 amide bonds. The van der Waals surface area contributed by atoms with Crippen LogP contribution < -0.4 is 0 Å². The van der Waals surface area contributed by atoms with Crippen molar-refractivity contribution in [1.82, 2.24) is 19.6 Å². The molecule has 1 aliphatic heterocycles. The second-order valence-corrected chi connectivity index (χ2v) is 32.7. The molecule has 1 rings (SSSR count). The van der Waals surface area contributed by atoms with Crippen LogP contribution in [0, 0.1) is 0 Å². The van der Waals surface area contributed by atoms with Crippen molar-refractivity contribution < 1.29 is 20.4 Å². The molecule has 0 radical (unpaired) electrons. The fourth-order valence-electron chi connectivity index (χ4n) is 12.1. The van der Waals surface area contributed by atoms with Gasteiger partial charge in [0, 0.05) is 101 Å². The minimum absolute atomic E-state index is 0.359. The fourth-order valence-corrected chi connectivity index (χ4v) is 16.2. The van der Waals surface area contributed by atoms with Crippen molar-refractivity contribution in [3.63, 3.8) is 0 Å². The number of rotatable bonds is 70. The molecule has 0 saturated carbocycles. The zero-order chi connectivity index (χ0) is 70.9. The van der Waals surface area contributed by atoms with E-state index < -0.39 is 0 Å². The normalized spacial score (nSPS) is 17.1. The molecule has 4 N–H and O–H groups in total. The topological polar surface area (TPSA) is 93.9 Å². The molecule has 6 atom stereocenters. The Kier molecular flexibility index (Phi) is 71.6. The lowest BCUT2D eigenvalue weighted by atomic mass is 10.1. The summed E-state index contributed by atoms with van der Waals surface area (Å²) in [6.45, 7) is 22.3. The summed E-state index contributed by atoms with van der Waals surface area (Å²) in [6.07, 6.45) is 91.8. The summed E-state index contributed by atoms with van der Waals surface area (Å²) in [5, 5.41) is 45.1. The maximum absolute atomic E-state index is 11.3. The molecule has 564 valence electrons. The third kappa shape index (κ3) is 64.8. The average Bonchev–Trinajstić information content (AvgIpc) is 0.867. The minimum atomic E-state index is -0.359. The van der Waals surface area contributed by atoms with Crippen molar-refractivity contribution in [3.8, 4) is 0 Å². The summed E-state index contributed by atoms with van der Waals surface area (Å²) in [7, 11) is 7.89. The van der Waals surface area contributed by atoms with E-state index in [1.807, 2.05) is 43.2 Å². The van der Waals surface area contributed by atoms with Gasteiger partial charge in [0.15, 0.2) is 0 Å². The highest BCUT2D eigenvalue weighted by molar-refractivity contribution is 8.77. The standard InChI is InChI=1S/C86H152N4O4S4/c1-7-11-15-19-23-27-31-35-39-43-47-51-55-59-63-83(91)77-87(78-84(92)64-60-56-52-48-44-40-36-32-28-24-20-16-12-8-2)67-71-95-97-73-69-89-75-82(6)90(76-81(89)5)70-74-98-96-72-68-88(79-85(93)65-61-57-53-49-45-41-37-33-29-25-21-17-13-9-3)80-86(94)66-62-58-54-50-46-42-38-34-30-26-22-18-14-10-4/h11-18,23-30,35-42,81-86,91-94H,7-10,19-22,31-34,43-80H2,1-6H3/b15-11-,16-12-,17-13-,18-14-,27-23-,28-24-,29-25-,30-26-,39-35-,40-36-,41-37-,42-38-. The SMILES string of the molecule is CC/C=C\C/C=C\C/C=C\CCCCCCC(O)CN(CCSSCCN1CC(C)N(CCSSCCN(CC(O)CCCCCC/C=C\C/C=C\C/C=C\CC)CC(O)CCCCCC/C=C\C/C=C\C/C=C\CC)CC1C)CC(O)CCCCCC/C=C\C/C=C\C/C=C\CC. The molecular weight excluding hydrogens is 1280 g/mol. The number of unbranched alkanes of at least 4 members (excludes halogenated alkanes) is 16. The fraction of sp³-hybridized carbons (Fsp3) is 0.721.